The van der Waals surface area contributed by atoms with Crippen LogP contribution in [-0.4, -0.2) is 11.5 Å². The van der Waals surface area contributed by atoms with E-state index in [4.69, 9.17) is 4.74 Å². The van der Waals surface area contributed by atoms with Gasteiger partial charge in [-0.2, -0.15) is 0 Å². The lowest BCUT2D eigenvalue weighted by Gasteiger charge is -2.38. The predicted octanol–water partition coefficient (Wildman–Crippen LogP) is 7.49. The van der Waals surface area contributed by atoms with Gasteiger partial charge in [0, 0.05) is 21.2 Å². The van der Waals surface area contributed by atoms with Crippen molar-refractivity contribution in [3.63, 3.8) is 0 Å². The van der Waals surface area contributed by atoms with Gasteiger partial charge in [-0.1, -0.05) is 72.1 Å². The van der Waals surface area contributed by atoms with E-state index < -0.39 is 4.08 Å². The number of thioether (sulfide) groups is 2. The Hall–Kier alpha value is -2.96. The highest BCUT2D eigenvalue weighted by molar-refractivity contribution is 8.17. The number of rotatable bonds is 5. The van der Waals surface area contributed by atoms with Crippen molar-refractivity contribution in [2.45, 2.75) is 27.7 Å². The van der Waals surface area contributed by atoms with Gasteiger partial charge >= 0.3 is 0 Å². The second-order valence-corrected chi connectivity index (χ2v) is 10.9. The fraction of sp³-hybridized carbons (Fsp3) is 0.154. The highest BCUT2D eigenvalue weighted by atomic mass is 32.2. The van der Waals surface area contributed by atoms with Crippen LogP contribution in [0.4, 0.5) is 5.69 Å². The van der Waals surface area contributed by atoms with Crippen molar-refractivity contribution in [1.82, 2.24) is 0 Å². The van der Waals surface area contributed by atoms with Crippen LogP contribution in [0, 0.1) is 24.0 Å². The predicted molar refractivity (Wildman–Crippen MR) is 132 cm³/mol. The molecule has 0 saturated heterocycles. The van der Waals surface area contributed by atoms with Crippen molar-refractivity contribution in [3.05, 3.63) is 106 Å². The number of hydrogen-bond donors (Lipinski definition) is 0. The molecule has 4 aromatic carbocycles. The Balaban J connectivity index is 1.80. The summed E-state index contributed by atoms with van der Waals surface area (Å²) in [6, 6.07) is 26.3. The molecular weight excluding hydrogens is 438 g/mol. The number of nitro groups is 1. The van der Waals surface area contributed by atoms with E-state index >= 15 is 0 Å². The first kappa shape index (κ1) is 20.9. The van der Waals surface area contributed by atoms with Gasteiger partial charge in [0.1, 0.15) is 16.4 Å². The molecule has 6 heteroatoms. The number of ether oxygens (including phenoxy) is 1. The third-order valence-corrected chi connectivity index (χ3v) is 8.52. The van der Waals surface area contributed by atoms with Crippen LogP contribution in [0.1, 0.15) is 16.7 Å². The van der Waals surface area contributed by atoms with E-state index in [0.29, 0.717) is 12.0 Å². The molecule has 0 aromatic heterocycles. The molecule has 0 radical (unpaired) electrons. The largest absolute Gasteiger partial charge is 0.490 e. The Morgan fingerprint density at radius 3 is 2.00 bits per heavy atom. The quantitative estimate of drug-likeness (QED) is 0.176. The van der Waals surface area contributed by atoms with E-state index in [0.717, 1.165) is 37.6 Å². The summed E-state index contributed by atoms with van der Waals surface area (Å²) in [5.74, 6) is 0.752. The van der Waals surface area contributed by atoms with Gasteiger partial charge < -0.3 is 4.74 Å². The molecule has 32 heavy (non-hydrogen) atoms. The summed E-state index contributed by atoms with van der Waals surface area (Å²) in [5.41, 5.74) is 2.87. The SMILES string of the molecule is Cc1cc([N+](=O)[O-])c2c(C)ccc3c2c1OCC3(Sc1ccccc1)Sc1ccccc1. The summed E-state index contributed by atoms with van der Waals surface area (Å²) in [5, 5.41) is 13.5. The minimum Gasteiger partial charge on any atom is -0.490 e. The minimum atomic E-state index is -0.497. The summed E-state index contributed by atoms with van der Waals surface area (Å²) < 4.78 is 5.92. The zero-order valence-corrected chi connectivity index (χ0v) is 19.3. The Morgan fingerprint density at radius 1 is 0.844 bits per heavy atom. The minimum absolute atomic E-state index is 0.134. The number of hydrogen-bond acceptors (Lipinski definition) is 5. The molecule has 5 rings (SSSR count). The molecule has 0 saturated carbocycles. The van der Waals surface area contributed by atoms with Crippen molar-refractivity contribution in [3.8, 4) is 5.75 Å². The van der Waals surface area contributed by atoms with Crippen molar-refractivity contribution in [2.24, 2.45) is 0 Å². The molecule has 0 aliphatic carbocycles. The lowest BCUT2D eigenvalue weighted by Crippen LogP contribution is -2.30. The fourth-order valence-electron chi connectivity index (χ4n) is 4.25. The Bertz CT molecular complexity index is 1280. The van der Waals surface area contributed by atoms with Crippen LogP contribution in [0.5, 0.6) is 5.75 Å². The molecule has 0 atom stereocenters. The first-order chi connectivity index (χ1) is 15.5. The highest BCUT2D eigenvalue weighted by Crippen LogP contribution is 2.59. The van der Waals surface area contributed by atoms with Crippen LogP contribution < -0.4 is 4.74 Å². The van der Waals surface area contributed by atoms with Gasteiger partial charge in [0.2, 0.25) is 0 Å². The number of non-ortho nitro benzene ring substituents is 1. The summed E-state index contributed by atoms with van der Waals surface area (Å²) in [6.07, 6.45) is 0. The summed E-state index contributed by atoms with van der Waals surface area (Å²) in [7, 11) is 0. The standard InChI is InChI=1S/C26H21NO3S2/c1-17-13-14-21-24-23(17)22(27(28)29)15-18(2)25(24)30-16-26(21,31-19-9-5-3-6-10-19)32-20-11-7-4-8-12-20/h3-15H,16H2,1-2H3. The summed E-state index contributed by atoms with van der Waals surface area (Å²) in [4.78, 5) is 13.9. The topological polar surface area (TPSA) is 52.4 Å². The van der Waals surface area contributed by atoms with Crippen LogP contribution in [0.25, 0.3) is 10.8 Å². The monoisotopic (exact) mass is 459 g/mol. The van der Waals surface area contributed by atoms with E-state index in [2.05, 4.69) is 30.3 Å². The summed E-state index contributed by atoms with van der Waals surface area (Å²) in [6.45, 7) is 4.27. The van der Waals surface area contributed by atoms with Gasteiger partial charge in [0.15, 0.2) is 0 Å². The van der Waals surface area contributed by atoms with Crippen molar-refractivity contribution in [1.29, 1.82) is 0 Å². The molecule has 0 bridgehead atoms. The van der Waals surface area contributed by atoms with Crippen LogP contribution in [0.3, 0.4) is 0 Å². The third-order valence-electron chi connectivity index (χ3n) is 5.67. The van der Waals surface area contributed by atoms with Gasteiger partial charge in [0.05, 0.1) is 10.3 Å². The maximum Gasteiger partial charge on any atom is 0.278 e. The van der Waals surface area contributed by atoms with Gasteiger partial charge in [-0.3, -0.25) is 10.1 Å². The van der Waals surface area contributed by atoms with E-state index in [1.54, 1.807) is 29.6 Å². The molecule has 4 aromatic rings. The van der Waals surface area contributed by atoms with Gasteiger partial charge in [-0.15, -0.1) is 0 Å². The van der Waals surface area contributed by atoms with Gasteiger partial charge in [-0.05, 0) is 54.8 Å². The average Bonchev–Trinajstić information content (AvgIpc) is 2.79. The smallest absolute Gasteiger partial charge is 0.278 e. The lowest BCUT2D eigenvalue weighted by molar-refractivity contribution is -0.383. The van der Waals surface area contributed by atoms with Crippen molar-refractivity contribution in [2.75, 3.05) is 6.61 Å². The van der Waals surface area contributed by atoms with E-state index in [1.807, 2.05) is 56.3 Å². The number of benzene rings is 4. The molecule has 0 spiro atoms. The second-order valence-electron chi connectivity index (χ2n) is 7.85. The Labute approximate surface area is 195 Å². The van der Waals surface area contributed by atoms with Gasteiger partial charge in [0.25, 0.3) is 5.69 Å². The van der Waals surface area contributed by atoms with E-state index in [1.165, 1.54) is 0 Å². The molecule has 0 unspecified atom stereocenters. The number of nitro benzene ring substituents is 1. The van der Waals surface area contributed by atoms with Crippen LogP contribution in [0.15, 0.2) is 88.7 Å². The number of nitrogens with zero attached hydrogens (tertiary/aromatic N) is 1. The molecule has 1 aliphatic heterocycles. The molecule has 160 valence electrons. The molecule has 1 aliphatic rings. The first-order valence-electron chi connectivity index (χ1n) is 10.3. The normalized spacial score (nSPS) is 14.2. The van der Waals surface area contributed by atoms with E-state index in [-0.39, 0.29) is 10.6 Å². The first-order valence-corrected chi connectivity index (χ1v) is 11.9. The lowest BCUT2D eigenvalue weighted by atomic mass is 9.92. The van der Waals surface area contributed by atoms with Crippen molar-refractivity contribution >= 4 is 40.0 Å². The second kappa shape index (κ2) is 8.19. The van der Waals surface area contributed by atoms with Crippen LogP contribution >= 0.6 is 23.5 Å². The molecule has 0 fully saturated rings. The highest BCUT2D eigenvalue weighted by Gasteiger charge is 2.42. The zero-order chi connectivity index (χ0) is 22.3. The van der Waals surface area contributed by atoms with Crippen LogP contribution in [0.2, 0.25) is 0 Å². The molecule has 1 heterocycles. The Morgan fingerprint density at radius 2 is 1.44 bits per heavy atom. The summed E-state index contributed by atoms with van der Waals surface area (Å²) >= 11 is 3.48. The van der Waals surface area contributed by atoms with E-state index in [9.17, 15) is 10.1 Å². The molecular formula is C26H21NO3S2. The average molecular weight is 460 g/mol. The van der Waals surface area contributed by atoms with Crippen LogP contribution in [-0.2, 0) is 4.08 Å². The fourth-order valence-corrected chi connectivity index (χ4v) is 7.14. The molecule has 4 nitrogen and oxygen atoms in total. The number of aryl methyl sites for hydroxylation is 2. The third kappa shape index (κ3) is 3.53. The van der Waals surface area contributed by atoms with Crippen molar-refractivity contribution < 1.29 is 9.66 Å². The van der Waals surface area contributed by atoms with Gasteiger partial charge in [-0.25, -0.2) is 0 Å². The molecule has 0 N–H and O–H groups in total. The zero-order valence-electron chi connectivity index (χ0n) is 17.7. The maximum atomic E-state index is 11.9. The maximum absolute atomic E-state index is 11.9. The molecule has 0 amide bonds. The Kier molecular flexibility index (Phi) is 5.35.